The molecule has 0 amide bonds. The lowest BCUT2D eigenvalue weighted by molar-refractivity contribution is -0.142. The average molecular weight is 185 g/mol. The van der Waals surface area contributed by atoms with Crippen LogP contribution < -0.4 is 0 Å². The Morgan fingerprint density at radius 1 is 1.54 bits per heavy atom. The van der Waals surface area contributed by atoms with Gasteiger partial charge < -0.3 is 5.11 Å². The molecule has 0 aromatic carbocycles. The third-order valence-corrected chi connectivity index (χ3v) is 3.21. The smallest absolute Gasteiger partial charge is 0.320 e. The predicted molar refractivity (Wildman–Crippen MR) is 51.7 cm³/mol. The molecular weight excluding hydrogens is 166 g/mol. The molecule has 0 spiro atoms. The molecule has 0 heterocycles. The van der Waals surface area contributed by atoms with Gasteiger partial charge in [-0.2, -0.15) is 0 Å². The third kappa shape index (κ3) is 2.44. The molecule has 0 radical (unpaired) electrons. The van der Waals surface area contributed by atoms with Crippen molar-refractivity contribution < 1.29 is 9.90 Å². The van der Waals surface area contributed by atoms with Crippen molar-refractivity contribution in [1.29, 1.82) is 0 Å². The molecule has 0 saturated heterocycles. The van der Waals surface area contributed by atoms with Crippen molar-refractivity contribution in [2.24, 2.45) is 5.92 Å². The lowest BCUT2D eigenvalue weighted by Crippen LogP contribution is -2.41. The van der Waals surface area contributed by atoms with E-state index in [1.54, 1.807) is 6.92 Å². The quantitative estimate of drug-likeness (QED) is 0.725. The van der Waals surface area contributed by atoms with Gasteiger partial charge >= 0.3 is 5.97 Å². The summed E-state index contributed by atoms with van der Waals surface area (Å²) in [6, 6.07) is 0.122. The van der Waals surface area contributed by atoms with Crippen molar-refractivity contribution in [2.45, 2.75) is 45.2 Å². The Hall–Kier alpha value is -0.570. The summed E-state index contributed by atoms with van der Waals surface area (Å²) >= 11 is 0. The van der Waals surface area contributed by atoms with E-state index in [4.69, 9.17) is 5.11 Å². The minimum atomic E-state index is -0.720. The van der Waals surface area contributed by atoms with Crippen molar-refractivity contribution in [3.05, 3.63) is 0 Å². The van der Waals surface area contributed by atoms with Crippen molar-refractivity contribution in [2.75, 3.05) is 7.05 Å². The second kappa shape index (κ2) is 4.09. The third-order valence-electron chi connectivity index (χ3n) is 3.21. The normalized spacial score (nSPS) is 30.8. The minimum Gasteiger partial charge on any atom is -0.480 e. The molecule has 1 rings (SSSR count). The lowest BCUT2D eigenvalue weighted by atomic mass is 10.1. The SMILES string of the molecule is CC1CCC(N(C)C(C)C(=O)O)C1. The molecule has 1 aliphatic rings. The van der Waals surface area contributed by atoms with E-state index in [0.29, 0.717) is 6.04 Å². The van der Waals surface area contributed by atoms with Crippen LogP contribution in [0.2, 0.25) is 0 Å². The summed E-state index contributed by atoms with van der Waals surface area (Å²) in [6.45, 7) is 3.99. The zero-order valence-corrected chi connectivity index (χ0v) is 8.66. The van der Waals surface area contributed by atoms with Gasteiger partial charge in [0.15, 0.2) is 0 Å². The zero-order chi connectivity index (χ0) is 10.0. The summed E-state index contributed by atoms with van der Waals surface area (Å²) in [7, 11) is 1.92. The predicted octanol–water partition coefficient (Wildman–Crippen LogP) is 1.58. The molecule has 3 heteroatoms. The summed E-state index contributed by atoms with van der Waals surface area (Å²) in [5, 5.41) is 8.84. The fourth-order valence-electron chi connectivity index (χ4n) is 2.04. The number of carbonyl (C=O) groups is 1. The van der Waals surface area contributed by atoms with E-state index in [1.165, 1.54) is 6.42 Å². The largest absolute Gasteiger partial charge is 0.480 e. The average Bonchev–Trinajstić information content (AvgIpc) is 2.49. The number of aliphatic carboxylic acids is 1. The van der Waals surface area contributed by atoms with Gasteiger partial charge in [-0.1, -0.05) is 6.92 Å². The molecule has 76 valence electrons. The number of rotatable bonds is 3. The second-order valence-electron chi connectivity index (χ2n) is 4.25. The molecule has 3 atom stereocenters. The molecule has 0 aromatic heterocycles. The van der Waals surface area contributed by atoms with Crippen LogP contribution in [-0.2, 0) is 4.79 Å². The molecular formula is C10H19NO2. The van der Waals surface area contributed by atoms with E-state index in [2.05, 4.69) is 6.92 Å². The second-order valence-corrected chi connectivity index (χ2v) is 4.25. The molecule has 1 N–H and O–H groups in total. The fraction of sp³-hybridized carbons (Fsp3) is 0.900. The summed E-state index contributed by atoms with van der Waals surface area (Å²) in [6.07, 6.45) is 3.53. The maximum atomic E-state index is 10.7. The monoisotopic (exact) mass is 185 g/mol. The Labute approximate surface area is 79.7 Å². The Bertz CT molecular complexity index is 193. The van der Waals surface area contributed by atoms with Gasteiger partial charge in [0.05, 0.1) is 0 Å². The standard InChI is InChI=1S/C10H19NO2/c1-7-4-5-9(6-7)11(3)8(2)10(12)13/h7-9H,4-6H2,1-3H3,(H,12,13). The van der Waals surface area contributed by atoms with Crippen LogP contribution >= 0.6 is 0 Å². The van der Waals surface area contributed by atoms with Gasteiger partial charge in [0.2, 0.25) is 0 Å². The molecule has 1 fully saturated rings. The van der Waals surface area contributed by atoms with Gasteiger partial charge in [-0.25, -0.2) is 0 Å². The van der Waals surface area contributed by atoms with Gasteiger partial charge in [0.1, 0.15) is 6.04 Å². The molecule has 1 saturated carbocycles. The number of carboxylic acids is 1. The molecule has 1 aliphatic carbocycles. The van der Waals surface area contributed by atoms with Crippen molar-refractivity contribution in [3.63, 3.8) is 0 Å². The minimum absolute atomic E-state index is 0.352. The van der Waals surface area contributed by atoms with Crippen molar-refractivity contribution >= 4 is 5.97 Å². The van der Waals surface area contributed by atoms with Gasteiger partial charge in [-0.05, 0) is 39.2 Å². The van der Waals surface area contributed by atoms with Crippen LogP contribution in [0, 0.1) is 5.92 Å². The molecule has 0 bridgehead atoms. The Kier molecular flexibility index (Phi) is 3.31. The van der Waals surface area contributed by atoms with E-state index in [9.17, 15) is 4.79 Å². The first kappa shape index (κ1) is 10.5. The van der Waals surface area contributed by atoms with Crippen LogP contribution in [0.4, 0.5) is 0 Å². The maximum Gasteiger partial charge on any atom is 0.320 e. The highest BCUT2D eigenvalue weighted by atomic mass is 16.4. The van der Waals surface area contributed by atoms with E-state index in [1.807, 2.05) is 11.9 Å². The summed E-state index contributed by atoms with van der Waals surface area (Å²) < 4.78 is 0. The topological polar surface area (TPSA) is 40.5 Å². The van der Waals surface area contributed by atoms with Gasteiger partial charge in [0, 0.05) is 6.04 Å². The number of nitrogens with zero attached hydrogens (tertiary/aromatic N) is 1. The van der Waals surface area contributed by atoms with Gasteiger partial charge in [0.25, 0.3) is 0 Å². The van der Waals surface area contributed by atoms with E-state index in [0.717, 1.165) is 18.8 Å². The number of hydrogen-bond donors (Lipinski definition) is 1. The number of hydrogen-bond acceptors (Lipinski definition) is 2. The van der Waals surface area contributed by atoms with Crippen LogP contribution in [0.3, 0.4) is 0 Å². The highest BCUT2D eigenvalue weighted by Gasteiger charge is 2.29. The maximum absolute atomic E-state index is 10.7. The van der Waals surface area contributed by atoms with Crippen molar-refractivity contribution in [1.82, 2.24) is 4.90 Å². The zero-order valence-electron chi connectivity index (χ0n) is 8.66. The van der Waals surface area contributed by atoms with Crippen LogP contribution in [0.5, 0.6) is 0 Å². The van der Waals surface area contributed by atoms with Gasteiger partial charge in [-0.3, -0.25) is 9.69 Å². The highest BCUT2D eigenvalue weighted by Crippen LogP contribution is 2.28. The molecule has 3 unspecified atom stereocenters. The van der Waals surface area contributed by atoms with Crippen LogP contribution in [0.1, 0.15) is 33.1 Å². The summed E-state index contributed by atoms with van der Waals surface area (Å²) in [5.41, 5.74) is 0. The molecule has 0 aromatic rings. The van der Waals surface area contributed by atoms with Crippen LogP contribution in [0.15, 0.2) is 0 Å². The fourth-order valence-corrected chi connectivity index (χ4v) is 2.04. The highest BCUT2D eigenvalue weighted by molar-refractivity contribution is 5.72. The molecule has 3 nitrogen and oxygen atoms in total. The Balaban J connectivity index is 2.47. The molecule has 13 heavy (non-hydrogen) atoms. The van der Waals surface area contributed by atoms with Crippen molar-refractivity contribution in [3.8, 4) is 0 Å². The first-order valence-corrected chi connectivity index (χ1v) is 4.97. The summed E-state index contributed by atoms with van der Waals surface area (Å²) in [5.74, 6) is 0.0375. The first-order chi connectivity index (χ1) is 6.02. The number of likely N-dealkylation sites (N-methyl/N-ethyl adjacent to an activating group) is 1. The molecule has 0 aliphatic heterocycles. The van der Waals surface area contributed by atoms with E-state index >= 15 is 0 Å². The number of carboxylic acid groups (broad SMARTS) is 1. The first-order valence-electron chi connectivity index (χ1n) is 4.97. The Morgan fingerprint density at radius 3 is 2.54 bits per heavy atom. The lowest BCUT2D eigenvalue weighted by Gasteiger charge is -2.27. The van der Waals surface area contributed by atoms with E-state index < -0.39 is 5.97 Å². The Morgan fingerprint density at radius 2 is 2.15 bits per heavy atom. The van der Waals surface area contributed by atoms with Crippen LogP contribution in [-0.4, -0.2) is 35.1 Å². The van der Waals surface area contributed by atoms with Gasteiger partial charge in [-0.15, -0.1) is 0 Å². The van der Waals surface area contributed by atoms with Crippen LogP contribution in [0.25, 0.3) is 0 Å². The van der Waals surface area contributed by atoms with E-state index in [-0.39, 0.29) is 6.04 Å². The summed E-state index contributed by atoms with van der Waals surface area (Å²) in [4.78, 5) is 12.7.